The van der Waals surface area contributed by atoms with Crippen LogP contribution in [-0.4, -0.2) is 32.7 Å². The van der Waals surface area contributed by atoms with E-state index in [2.05, 4.69) is 15.4 Å². The van der Waals surface area contributed by atoms with Crippen molar-refractivity contribution in [1.82, 2.24) is 14.8 Å². The lowest BCUT2D eigenvalue weighted by Gasteiger charge is -2.12. The molecule has 1 aromatic heterocycles. The predicted molar refractivity (Wildman–Crippen MR) is 89.0 cm³/mol. The van der Waals surface area contributed by atoms with Gasteiger partial charge in [0.2, 0.25) is 0 Å². The lowest BCUT2D eigenvalue weighted by atomic mass is 10.1. The molecule has 1 amide bonds. The van der Waals surface area contributed by atoms with Crippen LogP contribution in [0.3, 0.4) is 0 Å². The number of nitrogens with one attached hydrogen (secondary N) is 1. The van der Waals surface area contributed by atoms with E-state index in [1.165, 1.54) is 42.6 Å². The van der Waals surface area contributed by atoms with Gasteiger partial charge in [-0.3, -0.25) is 14.9 Å². The number of amides is 1. The summed E-state index contributed by atoms with van der Waals surface area (Å²) in [6.45, 7) is 0. The first-order chi connectivity index (χ1) is 12.1. The van der Waals surface area contributed by atoms with Gasteiger partial charge in [-0.2, -0.15) is 5.10 Å². The molecule has 0 radical (unpaired) electrons. The average molecular weight is 339 g/mol. The summed E-state index contributed by atoms with van der Waals surface area (Å²) in [6, 6.07) is 10.8. The van der Waals surface area contributed by atoms with E-state index in [1.54, 1.807) is 24.3 Å². The van der Waals surface area contributed by atoms with Crippen LogP contribution in [0.4, 0.5) is 11.4 Å². The smallest absolute Gasteiger partial charge is 0.270 e. The highest BCUT2D eigenvalue weighted by molar-refractivity contribution is 6.07. The molecular formula is C16H13N5O4. The second-order valence-electron chi connectivity index (χ2n) is 4.95. The molecule has 0 atom stereocenters. The van der Waals surface area contributed by atoms with Crippen LogP contribution in [-0.2, 0) is 0 Å². The van der Waals surface area contributed by atoms with Crippen LogP contribution in [0.2, 0.25) is 0 Å². The zero-order valence-corrected chi connectivity index (χ0v) is 13.1. The molecule has 9 nitrogen and oxygen atoms in total. The van der Waals surface area contributed by atoms with Gasteiger partial charge in [-0.05, 0) is 18.2 Å². The molecule has 0 unspecified atom stereocenters. The van der Waals surface area contributed by atoms with E-state index in [9.17, 15) is 14.9 Å². The molecule has 2 aromatic carbocycles. The molecule has 9 heteroatoms. The van der Waals surface area contributed by atoms with Gasteiger partial charge in [-0.25, -0.2) is 9.67 Å². The van der Waals surface area contributed by atoms with Crippen LogP contribution in [0.15, 0.2) is 55.1 Å². The van der Waals surface area contributed by atoms with Crippen molar-refractivity contribution in [3.8, 4) is 11.4 Å². The highest BCUT2D eigenvalue weighted by atomic mass is 16.6. The van der Waals surface area contributed by atoms with Gasteiger partial charge in [0, 0.05) is 12.1 Å². The van der Waals surface area contributed by atoms with Crippen molar-refractivity contribution in [1.29, 1.82) is 0 Å². The van der Waals surface area contributed by atoms with E-state index in [-0.39, 0.29) is 17.0 Å². The van der Waals surface area contributed by atoms with Crippen molar-refractivity contribution in [3.63, 3.8) is 0 Å². The number of carbonyl (C=O) groups excluding carboxylic acids is 1. The Kier molecular flexibility index (Phi) is 4.38. The first kappa shape index (κ1) is 16.1. The Hall–Kier alpha value is -3.75. The fourth-order valence-electron chi connectivity index (χ4n) is 2.29. The SMILES string of the molecule is COc1ccc([N+](=O)[O-])cc1C(=O)Nc1ccccc1-n1cncn1. The van der Waals surface area contributed by atoms with E-state index >= 15 is 0 Å². The summed E-state index contributed by atoms with van der Waals surface area (Å²) in [5, 5.41) is 17.7. The summed E-state index contributed by atoms with van der Waals surface area (Å²) < 4.78 is 6.63. The fraction of sp³-hybridized carbons (Fsp3) is 0.0625. The molecule has 0 saturated heterocycles. The van der Waals surface area contributed by atoms with Crippen LogP contribution in [0, 0.1) is 10.1 Å². The summed E-state index contributed by atoms with van der Waals surface area (Å²) in [7, 11) is 1.39. The molecule has 3 rings (SSSR count). The summed E-state index contributed by atoms with van der Waals surface area (Å²) in [5.74, 6) is -0.297. The van der Waals surface area contributed by atoms with Crippen LogP contribution in [0.1, 0.15) is 10.4 Å². The second-order valence-corrected chi connectivity index (χ2v) is 4.95. The van der Waals surface area contributed by atoms with Crippen molar-refractivity contribution in [3.05, 3.63) is 70.8 Å². The average Bonchev–Trinajstić information content (AvgIpc) is 3.16. The van der Waals surface area contributed by atoms with Crippen molar-refractivity contribution in [2.24, 2.45) is 0 Å². The van der Waals surface area contributed by atoms with Gasteiger partial charge in [-0.15, -0.1) is 0 Å². The topological polar surface area (TPSA) is 112 Å². The van der Waals surface area contributed by atoms with Gasteiger partial charge < -0.3 is 10.1 Å². The Labute approximate surface area is 142 Å². The summed E-state index contributed by atoms with van der Waals surface area (Å²) in [5.41, 5.74) is 0.949. The third-order valence-electron chi connectivity index (χ3n) is 3.46. The number of non-ortho nitro benzene ring substituents is 1. The Bertz CT molecular complexity index is 924. The number of hydrogen-bond acceptors (Lipinski definition) is 6. The van der Waals surface area contributed by atoms with Crippen molar-refractivity contribution >= 4 is 17.3 Å². The Balaban J connectivity index is 1.96. The zero-order valence-electron chi connectivity index (χ0n) is 13.1. The van der Waals surface area contributed by atoms with Crippen molar-refractivity contribution in [2.75, 3.05) is 12.4 Å². The molecule has 1 N–H and O–H groups in total. The minimum absolute atomic E-state index is 0.0603. The largest absolute Gasteiger partial charge is 0.496 e. The standard InChI is InChI=1S/C16H13N5O4/c1-25-15-7-6-11(21(23)24)8-12(15)16(22)19-13-4-2-3-5-14(13)20-10-17-9-18-20/h2-10H,1H3,(H,19,22). The third kappa shape index (κ3) is 3.29. The monoisotopic (exact) mass is 339 g/mol. The maximum atomic E-state index is 12.6. The van der Waals surface area contributed by atoms with Gasteiger partial charge in [0.15, 0.2) is 0 Å². The lowest BCUT2D eigenvalue weighted by molar-refractivity contribution is -0.384. The third-order valence-corrected chi connectivity index (χ3v) is 3.46. The number of hydrogen-bond donors (Lipinski definition) is 1. The number of methoxy groups -OCH3 is 1. The molecule has 0 bridgehead atoms. The number of aromatic nitrogens is 3. The summed E-state index contributed by atoms with van der Waals surface area (Å²) in [6.07, 6.45) is 2.88. The zero-order chi connectivity index (χ0) is 17.8. The number of benzene rings is 2. The van der Waals surface area contributed by atoms with E-state index in [4.69, 9.17) is 4.74 Å². The fourth-order valence-corrected chi connectivity index (χ4v) is 2.29. The molecule has 126 valence electrons. The Morgan fingerprint density at radius 1 is 1.28 bits per heavy atom. The normalized spacial score (nSPS) is 10.3. The summed E-state index contributed by atoms with van der Waals surface area (Å²) >= 11 is 0. The quantitative estimate of drug-likeness (QED) is 0.564. The van der Waals surface area contributed by atoms with Crippen LogP contribution in [0.25, 0.3) is 5.69 Å². The molecule has 3 aromatic rings. The van der Waals surface area contributed by atoms with Crippen LogP contribution >= 0.6 is 0 Å². The number of para-hydroxylation sites is 2. The number of nitro groups is 1. The number of nitrogens with zero attached hydrogens (tertiary/aromatic N) is 4. The highest BCUT2D eigenvalue weighted by Crippen LogP contribution is 2.26. The van der Waals surface area contributed by atoms with E-state index in [0.717, 1.165) is 0 Å². The molecule has 0 aliphatic heterocycles. The van der Waals surface area contributed by atoms with Crippen LogP contribution < -0.4 is 10.1 Å². The molecule has 0 aliphatic rings. The van der Waals surface area contributed by atoms with Crippen molar-refractivity contribution < 1.29 is 14.5 Å². The number of ether oxygens (including phenoxy) is 1. The lowest BCUT2D eigenvalue weighted by Crippen LogP contribution is -2.15. The minimum Gasteiger partial charge on any atom is -0.496 e. The predicted octanol–water partition coefficient (Wildman–Crippen LogP) is 2.44. The molecule has 25 heavy (non-hydrogen) atoms. The molecule has 0 spiro atoms. The first-order valence-electron chi connectivity index (χ1n) is 7.18. The maximum Gasteiger partial charge on any atom is 0.270 e. The Morgan fingerprint density at radius 3 is 2.76 bits per heavy atom. The van der Waals surface area contributed by atoms with E-state index in [1.807, 2.05) is 0 Å². The van der Waals surface area contributed by atoms with E-state index < -0.39 is 10.8 Å². The molecule has 0 fully saturated rings. The summed E-state index contributed by atoms with van der Waals surface area (Å²) in [4.78, 5) is 26.9. The van der Waals surface area contributed by atoms with E-state index in [0.29, 0.717) is 11.4 Å². The maximum absolute atomic E-state index is 12.6. The van der Waals surface area contributed by atoms with Crippen LogP contribution in [0.5, 0.6) is 5.75 Å². The highest BCUT2D eigenvalue weighted by Gasteiger charge is 2.18. The molecule has 1 heterocycles. The minimum atomic E-state index is -0.570. The first-order valence-corrected chi connectivity index (χ1v) is 7.18. The van der Waals surface area contributed by atoms with Crippen molar-refractivity contribution in [2.45, 2.75) is 0 Å². The number of anilines is 1. The number of rotatable bonds is 5. The molecule has 0 saturated carbocycles. The van der Waals surface area contributed by atoms with Gasteiger partial charge in [0.05, 0.1) is 29.0 Å². The number of carbonyl (C=O) groups is 1. The van der Waals surface area contributed by atoms with Gasteiger partial charge >= 0.3 is 0 Å². The van der Waals surface area contributed by atoms with Gasteiger partial charge in [-0.1, -0.05) is 12.1 Å². The second kappa shape index (κ2) is 6.79. The number of nitro benzene ring substituents is 1. The molecular weight excluding hydrogens is 326 g/mol. The molecule has 0 aliphatic carbocycles. The Morgan fingerprint density at radius 2 is 2.08 bits per heavy atom. The van der Waals surface area contributed by atoms with Gasteiger partial charge in [0.25, 0.3) is 11.6 Å². The van der Waals surface area contributed by atoms with Gasteiger partial charge in [0.1, 0.15) is 18.4 Å².